The van der Waals surface area contributed by atoms with Gasteiger partial charge in [-0.25, -0.2) is 9.97 Å². The van der Waals surface area contributed by atoms with Crippen molar-refractivity contribution in [2.75, 3.05) is 23.3 Å². The summed E-state index contributed by atoms with van der Waals surface area (Å²) in [5.74, 6) is 1.20. The first kappa shape index (κ1) is 15.7. The van der Waals surface area contributed by atoms with Crippen LogP contribution in [0.25, 0.3) is 0 Å². The molecule has 5 nitrogen and oxygen atoms in total. The molecule has 1 amide bonds. The number of nitrogens with one attached hydrogen (secondary N) is 1. The highest BCUT2D eigenvalue weighted by molar-refractivity contribution is 6.30. The molecular formula is C17H19ClN4O. The molecule has 0 aliphatic carbocycles. The predicted molar refractivity (Wildman–Crippen MR) is 92.0 cm³/mol. The third kappa shape index (κ3) is 3.99. The fourth-order valence-corrected chi connectivity index (χ4v) is 2.95. The van der Waals surface area contributed by atoms with E-state index in [4.69, 9.17) is 11.6 Å². The molecule has 1 saturated heterocycles. The first-order valence-corrected chi connectivity index (χ1v) is 8.13. The first-order valence-electron chi connectivity index (χ1n) is 7.76. The van der Waals surface area contributed by atoms with Crippen LogP contribution in [0, 0.1) is 5.92 Å². The van der Waals surface area contributed by atoms with Crippen molar-refractivity contribution >= 4 is 29.0 Å². The van der Waals surface area contributed by atoms with Gasteiger partial charge < -0.3 is 10.2 Å². The number of piperidine rings is 1. The molecule has 1 atom stereocenters. The molecular weight excluding hydrogens is 312 g/mol. The molecule has 2 aromatic rings. The predicted octanol–water partition coefficient (Wildman–Crippen LogP) is 3.62. The Hall–Kier alpha value is -2.14. The zero-order chi connectivity index (χ0) is 16.2. The molecule has 1 N–H and O–H groups in total. The summed E-state index contributed by atoms with van der Waals surface area (Å²) < 4.78 is 0. The van der Waals surface area contributed by atoms with Crippen molar-refractivity contribution in [2.24, 2.45) is 5.92 Å². The van der Waals surface area contributed by atoms with Crippen LogP contribution in [0.5, 0.6) is 0 Å². The van der Waals surface area contributed by atoms with Crippen LogP contribution >= 0.6 is 11.6 Å². The molecule has 1 aliphatic heterocycles. The fourth-order valence-electron chi connectivity index (χ4n) is 2.76. The Balaban J connectivity index is 1.68. The maximum Gasteiger partial charge on any atom is 0.275 e. The lowest BCUT2D eigenvalue weighted by Crippen LogP contribution is -2.35. The molecule has 1 unspecified atom stereocenters. The standard InChI is InChI=1S/C17H19ClN4O/c1-12-4-3-7-22(11-12)16-10-19-15(9-20-16)17(23)21-14-6-2-5-13(18)8-14/h2,5-6,8-10,12H,3-4,7,11H2,1H3,(H,21,23). The number of hydrogen-bond donors (Lipinski definition) is 1. The zero-order valence-corrected chi connectivity index (χ0v) is 13.8. The van der Waals surface area contributed by atoms with Gasteiger partial charge in [-0.3, -0.25) is 4.79 Å². The van der Waals surface area contributed by atoms with Gasteiger partial charge in [-0.2, -0.15) is 0 Å². The molecule has 6 heteroatoms. The molecule has 1 aliphatic rings. The molecule has 0 bridgehead atoms. The Labute approximate surface area is 140 Å². The number of nitrogens with zero attached hydrogens (tertiary/aromatic N) is 3. The summed E-state index contributed by atoms with van der Waals surface area (Å²) in [5.41, 5.74) is 0.928. The van der Waals surface area contributed by atoms with Crippen LogP contribution in [0.1, 0.15) is 30.3 Å². The first-order chi connectivity index (χ1) is 11.1. The molecule has 0 saturated carbocycles. The van der Waals surface area contributed by atoms with E-state index in [0.29, 0.717) is 22.3 Å². The fraction of sp³-hybridized carbons (Fsp3) is 0.353. The van der Waals surface area contributed by atoms with Crippen molar-refractivity contribution in [2.45, 2.75) is 19.8 Å². The smallest absolute Gasteiger partial charge is 0.275 e. The van der Waals surface area contributed by atoms with Crippen LogP contribution in [0.4, 0.5) is 11.5 Å². The zero-order valence-electron chi connectivity index (χ0n) is 13.0. The molecule has 1 fully saturated rings. The summed E-state index contributed by atoms with van der Waals surface area (Å²) in [6, 6.07) is 7.01. The lowest BCUT2D eigenvalue weighted by molar-refractivity contribution is 0.102. The second-order valence-corrected chi connectivity index (χ2v) is 6.35. The van der Waals surface area contributed by atoms with Crippen molar-refractivity contribution in [3.8, 4) is 0 Å². The average molecular weight is 331 g/mol. The van der Waals surface area contributed by atoms with Crippen LogP contribution in [-0.4, -0.2) is 29.0 Å². The summed E-state index contributed by atoms with van der Waals surface area (Å²) in [6.07, 6.45) is 5.61. The van der Waals surface area contributed by atoms with Gasteiger partial charge in [0.25, 0.3) is 5.91 Å². The number of aromatic nitrogens is 2. The van der Waals surface area contributed by atoms with Crippen LogP contribution in [0.2, 0.25) is 5.02 Å². The van der Waals surface area contributed by atoms with Gasteiger partial charge in [0, 0.05) is 23.8 Å². The molecule has 23 heavy (non-hydrogen) atoms. The van der Waals surface area contributed by atoms with E-state index >= 15 is 0 Å². The summed E-state index contributed by atoms with van der Waals surface area (Å²) in [5, 5.41) is 3.34. The third-order valence-corrected chi connectivity index (χ3v) is 4.17. The van der Waals surface area contributed by atoms with Gasteiger partial charge >= 0.3 is 0 Å². The topological polar surface area (TPSA) is 58.1 Å². The minimum Gasteiger partial charge on any atom is -0.355 e. The maximum absolute atomic E-state index is 12.2. The van der Waals surface area contributed by atoms with Crippen molar-refractivity contribution in [3.63, 3.8) is 0 Å². The number of halogens is 1. The SMILES string of the molecule is CC1CCCN(c2cnc(C(=O)Nc3cccc(Cl)c3)cn2)C1. The maximum atomic E-state index is 12.2. The molecule has 120 valence electrons. The lowest BCUT2D eigenvalue weighted by Gasteiger charge is -2.31. The van der Waals surface area contributed by atoms with Crippen LogP contribution in [-0.2, 0) is 0 Å². The van der Waals surface area contributed by atoms with E-state index in [1.54, 1.807) is 30.5 Å². The Morgan fingerprint density at radius 2 is 2.22 bits per heavy atom. The van der Waals surface area contributed by atoms with E-state index in [1.165, 1.54) is 19.0 Å². The second kappa shape index (κ2) is 6.96. The quantitative estimate of drug-likeness (QED) is 0.933. The molecule has 3 rings (SSSR count). The average Bonchev–Trinajstić information content (AvgIpc) is 2.55. The van der Waals surface area contributed by atoms with Gasteiger partial charge in [-0.15, -0.1) is 0 Å². The monoisotopic (exact) mass is 330 g/mol. The van der Waals surface area contributed by atoms with E-state index < -0.39 is 0 Å². The van der Waals surface area contributed by atoms with E-state index in [0.717, 1.165) is 18.9 Å². The van der Waals surface area contributed by atoms with Gasteiger partial charge in [0.05, 0.1) is 12.4 Å². The van der Waals surface area contributed by atoms with E-state index in [1.807, 2.05) is 0 Å². The van der Waals surface area contributed by atoms with E-state index in [-0.39, 0.29) is 5.91 Å². The van der Waals surface area contributed by atoms with Crippen molar-refractivity contribution < 1.29 is 4.79 Å². The van der Waals surface area contributed by atoms with Gasteiger partial charge in [0.1, 0.15) is 11.5 Å². The Bertz CT molecular complexity index is 689. The van der Waals surface area contributed by atoms with Crippen molar-refractivity contribution in [3.05, 3.63) is 47.4 Å². The Morgan fingerprint density at radius 1 is 1.35 bits per heavy atom. The lowest BCUT2D eigenvalue weighted by atomic mass is 10.0. The van der Waals surface area contributed by atoms with Crippen molar-refractivity contribution in [1.82, 2.24) is 9.97 Å². The van der Waals surface area contributed by atoms with E-state index in [2.05, 4.69) is 27.1 Å². The molecule has 1 aromatic heterocycles. The number of rotatable bonds is 3. The van der Waals surface area contributed by atoms with Crippen LogP contribution in [0.15, 0.2) is 36.7 Å². The molecule has 2 heterocycles. The summed E-state index contributed by atoms with van der Waals surface area (Å²) in [6.45, 7) is 4.22. The highest BCUT2D eigenvalue weighted by Crippen LogP contribution is 2.20. The largest absolute Gasteiger partial charge is 0.355 e. The Kier molecular flexibility index (Phi) is 4.76. The number of hydrogen-bond acceptors (Lipinski definition) is 4. The number of carbonyl (C=O) groups excluding carboxylic acids is 1. The summed E-state index contributed by atoms with van der Waals surface area (Å²) >= 11 is 5.91. The minimum absolute atomic E-state index is 0.291. The molecule has 0 spiro atoms. The summed E-state index contributed by atoms with van der Waals surface area (Å²) in [7, 11) is 0. The van der Waals surface area contributed by atoms with Gasteiger partial charge in [-0.05, 0) is 37.0 Å². The number of carbonyl (C=O) groups is 1. The van der Waals surface area contributed by atoms with Crippen LogP contribution < -0.4 is 10.2 Å². The Morgan fingerprint density at radius 3 is 2.91 bits per heavy atom. The molecule has 1 aromatic carbocycles. The number of anilines is 2. The van der Waals surface area contributed by atoms with Gasteiger partial charge in [0.15, 0.2) is 0 Å². The van der Waals surface area contributed by atoms with Gasteiger partial charge in [-0.1, -0.05) is 24.6 Å². The third-order valence-electron chi connectivity index (χ3n) is 3.93. The number of benzene rings is 1. The highest BCUT2D eigenvalue weighted by atomic mass is 35.5. The van der Waals surface area contributed by atoms with Gasteiger partial charge in [0.2, 0.25) is 0 Å². The highest BCUT2D eigenvalue weighted by Gasteiger charge is 2.18. The van der Waals surface area contributed by atoms with Crippen LogP contribution in [0.3, 0.4) is 0 Å². The molecule has 0 radical (unpaired) electrons. The number of amides is 1. The van der Waals surface area contributed by atoms with E-state index in [9.17, 15) is 4.79 Å². The van der Waals surface area contributed by atoms with Crippen molar-refractivity contribution in [1.29, 1.82) is 0 Å². The normalized spacial score (nSPS) is 17.8. The second-order valence-electron chi connectivity index (χ2n) is 5.92. The summed E-state index contributed by atoms with van der Waals surface area (Å²) in [4.78, 5) is 23.1. The minimum atomic E-state index is -0.293.